The Kier molecular flexibility index (Phi) is 4.93. The van der Waals surface area contributed by atoms with Crippen LogP contribution in [0.15, 0.2) is 41.0 Å². The van der Waals surface area contributed by atoms with Gasteiger partial charge in [-0.1, -0.05) is 28.1 Å². The van der Waals surface area contributed by atoms with E-state index >= 15 is 0 Å². The lowest BCUT2D eigenvalue weighted by molar-refractivity contribution is 0.397. The number of aromatic nitrogens is 1. The molecule has 19 heavy (non-hydrogen) atoms. The molecule has 0 atom stereocenters. The van der Waals surface area contributed by atoms with Crippen LogP contribution in [0.1, 0.15) is 16.7 Å². The van der Waals surface area contributed by atoms with Gasteiger partial charge in [0.2, 0.25) is 5.88 Å². The predicted molar refractivity (Wildman–Crippen MR) is 80.2 cm³/mol. The van der Waals surface area contributed by atoms with Crippen LogP contribution in [0.3, 0.4) is 0 Å². The van der Waals surface area contributed by atoms with Gasteiger partial charge in [-0.05, 0) is 35.7 Å². The van der Waals surface area contributed by atoms with Gasteiger partial charge in [-0.25, -0.2) is 4.98 Å². The molecule has 3 nitrogen and oxygen atoms in total. The van der Waals surface area contributed by atoms with Crippen LogP contribution in [-0.4, -0.2) is 12.1 Å². The molecule has 1 N–H and O–H groups in total. The van der Waals surface area contributed by atoms with Crippen LogP contribution in [-0.2, 0) is 13.1 Å². The lowest BCUT2D eigenvalue weighted by atomic mass is 10.1. The van der Waals surface area contributed by atoms with E-state index in [2.05, 4.69) is 51.4 Å². The Labute approximate surface area is 122 Å². The van der Waals surface area contributed by atoms with Crippen LogP contribution in [0.5, 0.6) is 5.88 Å². The van der Waals surface area contributed by atoms with Gasteiger partial charge < -0.3 is 10.1 Å². The Morgan fingerprint density at radius 1 is 1.16 bits per heavy atom. The Balaban J connectivity index is 1.90. The molecule has 0 fully saturated rings. The molecule has 1 aromatic carbocycles. The zero-order valence-corrected chi connectivity index (χ0v) is 12.7. The third-order valence-corrected chi connectivity index (χ3v) is 3.76. The molecule has 4 heteroatoms. The molecule has 0 spiro atoms. The van der Waals surface area contributed by atoms with Crippen molar-refractivity contribution in [2.24, 2.45) is 0 Å². The van der Waals surface area contributed by atoms with E-state index in [0.717, 1.165) is 23.1 Å². The van der Waals surface area contributed by atoms with E-state index in [-0.39, 0.29) is 0 Å². The molecular formula is C15H17BrN2O. The summed E-state index contributed by atoms with van der Waals surface area (Å²) >= 11 is 3.55. The maximum atomic E-state index is 5.10. The Morgan fingerprint density at radius 2 is 1.89 bits per heavy atom. The smallest absolute Gasteiger partial charge is 0.213 e. The van der Waals surface area contributed by atoms with Crippen molar-refractivity contribution in [2.75, 3.05) is 7.11 Å². The van der Waals surface area contributed by atoms with Crippen LogP contribution >= 0.6 is 15.9 Å². The molecule has 2 rings (SSSR count). The van der Waals surface area contributed by atoms with Gasteiger partial charge in [-0.3, -0.25) is 0 Å². The molecule has 0 amide bonds. The lowest BCUT2D eigenvalue weighted by Gasteiger charge is -2.07. The largest absolute Gasteiger partial charge is 0.481 e. The molecule has 1 aromatic heterocycles. The van der Waals surface area contributed by atoms with Gasteiger partial charge in [0, 0.05) is 29.8 Å². The molecule has 0 aliphatic rings. The average molecular weight is 321 g/mol. The van der Waals surface area contributed by atoms with Crippen molar-refractivity contribution in [3.05, 3.63) is 57.7 Å². The first-order chi connectivity index (χ1) is 9.19. The van der Waals surface area contributed by atoms with Crippen molar-refractivity contribution < 1.29 is 4.74 Å². The van der Waals surface area contributed by atoms with Crippen LogP contribution in [0.2, 0.25) is 0 Å². The normalized spacial score (nSPS) is 10.5. The summed E-state index contributed by atoms with van der Waals surface area (Å²) in [6.07, 6.45) is 1.76. The summed E-state index contributed by atoms with van der Waals surface area (Å²) in [4.78, 5) is 4.09. The first-order valence-corrected chi connectivity index (χ1v) is 6.93. The fraction of sp³-hybridized carbons (Fsp3) is 0.267. The molecule has 0 unspecified atom stereocenters. The van der Waals surface area contributed by atoms with Crippen LogP contribution in [0.4, 0.5) is 0 Å². The predicted octanol–water partition coefficient (Wildman–Crippen LogP) is 3.45. The fourth-order valence-corrected chi connectivity index (χ4v) is 2.20. The number of benzene rings is 1. The van der Waals surface area contributed by atoms with Crippen LogP contribution in [0, 0.1) is 6.92 Å². The van der Waals surface area contributed by atoms with E-state index in [1.54, 1.807) is 13.3 Å². The number of methoxy groups -OCH3 is 1. The highest BCUT2D eigenvalue weighted by atomic mass is 79.9. The van der Waals surface area contributed by atoms with E-state index < -0.39 is 0 Å². The summed E-state index contributed by atoms with van der Waals surface area (Å²) in [5.74, 6) is 0.650. The standard InChI is InChI=1S/C15H17BrN2O/c1-11-3-4-12(7-14(11)16)9-17-10-13-5-6-18-15(8-13)19-2/h3-8,17H,9-10H2,1-2H3. The summed E-state index contributed by atoms with van der Waals surface area (Å²) in [5.41, 5.74) is 3.68. The monoisotopic (exact) mass is 320 g/mol. The SMILES string of the molecule is COc1cc(CNCc2ccc(C)c(Br)c2)ccn1. The van der Waals surface area contributed by atoms with Crippen LogP contribution < -0.4 is 10.1 Å². The van der Waals surface area contributed by atoms with Crippen molar-refractivity contribution in [2.45, 2.75) is 20.0 Å². The number of nitrogens with one attached hydrogen (secondary N) is 1. The van der Waals surface area contributed by atoms with E-state index in [1.807, 2.05) is 12.1 Å². The highest BCUT2D eigenvalue weighted by molar-refractivity contribution is 9.10. The second kappa shape index (κ2) is 6.68. The molecule has 0 bridgehead atoms. The number of aryl methyl sites for hydroxylation is 1. The lowest BCUT2D eigenvalue weighted by Crippen LogP contribution is -2.12. The summed E-state index contributed by atoms with van der Waals surface area (Å²) < 4.78 is 6.25. The topological polar surface area (TPSA) is 34.1 Å². The second-order valence-corrected chi connectivity index (χ2v) is 5.25. The molecule has 0 aliphatic carbocycles. The van der Waals surface area contributed by atoms with Gasteiger partial charge in [0.1, 0.15) is 0 Å². The van der Waals surface area contributed by atoms with Crippen molar-refractivity contribution in [1.82, 2.24) is 10.3 Å². The van der Waals surface area contributed by atoms with Crippen molar-refractivity contribution in [1.29, 1.82) is 0 Å². The molecule has 100 valence electrons. The minimum Gasteiger partial charge on any atom is -0.481 e. The molecule has 0 saturated heterocycles. The van der Waals surface area contributed by atoms with Crippen LogP contribution in [0.25, 0.3) is 0 Å². The number of hydrogen-bond acceptors (Lipinski definition) is 3. The van der Waals surface area contributed by atoms with Crippen molar-refractivity contribution in [3.8, 4) is 5.88 Å². The fourth-order valence-electron chi connectivity index (χ4n) is 1.77. The molecule has 2 aromatic rings. The van der Waals surface area contributed by atoms with Gasteiger partial charge in [0.05, 0.1) is 7.11 Å². The van der Waals surface area contributed by atoms with E-state index in [9.17, 15) is 0 Å². The maximum absolute atomic E-state index is 5.10. The second-order valence-electron chi connectivity index (χ2n) is 4.39. The number of hydrogen-bond donors (Lipinski definition) is 1. The minimum absolute atomic E-state index is 0.650. The van der Waals surface area contributed by atoms with E-state index in [1.165, 1.54) is 11.1 Å². The zero-order valence-electron chi connectivity index (χ0n) is 11.1. The molecule has 0 radical (unpaired) electrons. The van der Waals surface area contributed by atoms with Crippen molar-refractivity contribution in [3.63, 3.8) is 0 Å². The van der Waals surface area contributed by atoms with Gasteiger partial charge in [0.25, 0.3) is 0 Å². The Hall–Kier alpha value is -1.39. The zero-order chi connectivity index (χ0) is 13.7. The third kappa shape index (κ3) is 4.04. The van der Waals surface area contributed by atoms with Gasteiger partial charge in [-0.15, -0.1) is 0 Å². The number of rotatable bonds is 5. The quantitative estimate of drug-likeness (QED) is 0.916. The third-order valence-electron chi connectivity index (χ3n) is 2.90. The van der Waals surface area contributed by atoms with E-state index in [0.29, 0.717) is 5.88 Å². The highest BCUT2D eigenvalue weighted by Crippen LogP contribution is 2.17. The van der Waals surface area contributed by atoms with E-state index in [4.69, 9.17) is 4.74 Å². The number of pyridine rings is 1. The number of halogens is 1. The maximum Gasteiger partial charge on any atom is 0.213 e. The van der Waals surface area contributed by atoms with Gasteiger partial charge >= 0.3 is 0 Å². The molecule has 1 heterocycles. The first kappa shape index (κ1) is 14.0. The van der Waals surface area contributed by atoms with Gasteiger partial charge in [0.15, 0.2) is 0 Å². The highest BCUT2D eigenvalue weighted by Gasteiger charge is 1.99. The molecular weight excluding hydrogens is 304 g/mol. The summed E-state index contributed by atoms with van der Waals surface area (Å²) in [7, 11) is 1.63. The number of ether oxygens (including phenoxy) is 1. The number of nitrogens with zero attached hydrogens (tertiary/aromatic N) is 1. The van der Waals surface area contributed by atoms with Gasteiger partial charge in [-0.2, -0.15) is 0 Å². The Morgan fingerprint density at radius 3 is 2.58 bits per heavy atom. The molecule has 0 saturated carbocycles. The Bertz CT molecular complexity index is 558. The summed E-state index contributed by atoms with van der Waals surface area (Å²) in [5, 5.41) is 3.41. The first-order valence-electron chi connectivity index (χ1n) is 6.13. The average Bonchev–Trinajstić information content (AvgIpc) is 2.43. The minimum atomic E-state index is 0.650. The summed E-state index contributed by atoms with van der Waals surface area (Å²) in [6.45, 7) is 3.72. The van der Waals surface area contributed by atoms with Crippen molar-refractivity contribution >= 4 is 15.9 Å². The molecule has 0 aliphatic heterocycles. The summed E-state index contributed by atoms with van der Waals surface area (Å²) in [6, 6.07) is 10.3.